The first-order valence-corrected chi connectivity index (χ1v) is 10.1. The van der Waals surface area contributed by atoms with Crippen LogP contribution in [0.2, 0.25) is 0 Å². The van der Waals surface area contributed by atoms with Gasteiger partial charge in [-0.3, -0.25) is 9.59 Å². The van der Waals surface area contributed by atoms with E-state index in [9.17, 15) is 9.59 Å². The van der Waals surface area contributed by atoms with E-state index < -0.39 is 0 Å². The van der Waals surface area contributed by atoms with E-state index in [1.807, 2.05) is 48.3 Å². The van der Waals surface area contributed by atoms with Crippen molar-refractivity contribution in [2.75, 3.05) is 13.1 Å². The van der Waals surface area contributed by atoms with Gasteiger partial charge in [-0.05, 0) is 30.2 Å². The summed E-state index contributed by atoms with van der Waals surface area (Å²) < 4.78 is 2.05. The van der Waals surface area contributed by atoms with Crippen LogP contribution in [0.15, 0.2) is 48.5 Å². The van der Waals surface area contributed by atoms with Crippen LogP contribution in [0.1, 0.15) is 30.0 Å². The van der Waals surface area contributed by atoms with Crippen LogP contribution in [-0.4, -0.2) is 44.3 Å². The number of fused-ring (bicyclic) bond motifs is 4. The standard InChI is InChI=1S/C23H23N5O2/c1-14(29)24-13-20(30)28-12-11-16-15-7-3-4-8-17(15)25-21(16)22(28)23-26-18-9-5-6-10-19(18)27(23)2/h3-10,22,25H,11-13H2,1-2H3,(H,24,29). The lowest BCUT2D eigenvalue weighted by atomic mass is 9.96. The number of carbonyl (C=O) groups is 2. The van der Waals surface area contributed by atoms with Gasteiger partial charge >= 0.3 is 0 Å². The monoisotopic (exact) mass is 401 g/mol. The Balaban J connectivity index is 1.68. The van der Waals surface area contributed by atoms with Gasteiger partial charge in [0, 0.05) is 31.4 Å². The predicted molar refractivity (Wildman–Crippen MR) is 115 cm³/mol. The van der Waals surface area contributed by atoms with Gasteiger partial charge in [-0.25, -0.2) is 4.98 Å². The molecule has 30 heavy (non-hydrogen) atoms. The van der Waals surface area contributed by atoms with Gasteiger partial charge in [0.15, 0.2) is 0 Å². The van der Waals surface area contributed by atoms with Crippen LogP contribution in [0.4, 0.5) is 0 Å². The summed E-state index contributed by atoms with van der Waals surface area (Å²) in [6.45, 7) is 1.97. The maximum atomic E-state index is 13.1. The lowest BCUT2D eigenvalue weighted by Gasteiger charge is -2.35. The van der Waals surface area contributed by atoms with Crippen molar-refractivity contribution in [1.29, 1.82) is 0 Å². The van der Waals surface area contributed by atoms with E-state index in [1.165, 1.54) is 17.9 Å². The summed E-state index contributed by atoms with van der Waals surface area (Å²) in [5.41, 5.74) is 5.20. The summed E-state index contributed by atoms with van der Waals surface area (Å²) in [7, 11) is 1.98. The molecule has 3 heterocycles. The highest BCUT2D eigenvalue weighted by Crippen LogP contribution is 2.38. The summed E-state index contributed by atoms with van der Waals surface area (Å²) in [4.78, 5) is 34.7. The molecule has 7 heteroatoms. The Morgan fingerprint density at radius 3 is 2.73 bits per heavy atom. The van der Waals surface area contributed by atoms with Crippen LogP contribution in [0.25, 0.3) is 21.9 Å². The Morgan fingerprint density at radius 2 is 1.93 bits per heavy atom. The second kappa shape index (κ2) is 7.02. The lowest BCUT2D eigenvalue weighted by Crippen LogP contribution is -2.46. The SMILES string of the molecule is CC(=O)NCC(=O)N1CCc2c([nH]c3ccccc23)C1c1nc2ccccc2n1C. The van der Waals surface area contributed by atoms with E-state index in [4.69, 9.17) is 4.98 Å². The molecular formula is C23H23N5O2. The van der Waals surface area contributed by atoms with Crippen LogP contribution in [0, 0.1) is 0 Å². The van der Waals surface area contributed by atoms with Crippen molar-refractivity contribution >= 4 is 33.8 Å². The zero-order valence-electron chi connectivity index (χ0n) is 17.0. The number of imidazole rings is 1. The zero-order chi connectivity index (χ0) is 20.8. The fraction of sp³-hybridized carbons (Fsp3) is 0.261. The van der Waals surface area contributed by atoms with E-state index in [-0.39, 0.29) is 24.4 Å². The van der Waals surface area contributed by atoms with Crippen LogP contribution < -0.4 is 5.32 Å². The van der Waals surface area contributed by atoms with Crippen LogP contribution in [0.3, 0.4) is 0 Å². The Morgan fingerprint density at radius 1 is 1.17 bits per heavy atom. The lowest BCUT2D eigenvalue weighted by molar-refractivity contribution is -0.134. The average molecular weight is 401 g/mol. The molecular weight excluding hydrogens is 378 g/mol. The number of hydrogen-bond acceptors (Lipinski definition) is 3. The molecule has 1 aliphatic rings. The average Bonchev–Trinajstić information content (AvgIpc) is 3.29. The highest BCUT2D eigenvalue weighted by atomic mass is 16.2. The second-order valence-electron chi connectivity index (χ2n) is 7.73. The quantitative estimate of drug-likeness (QED) is 0.554. The number of carbonyl (C=O) groups excluding carboxylic acids is 2. The normalized spacial score (nSPS) is 16.1. The molecule has 0 bridgehead atoms. The van der Waals surface area contributed by atoms with Crippen molar-refractivity contribution in [1.82, 2.24) is 24.8 Å². The Labute approximate surface area is 173 Å². The first-order chi connectivity index (χ1) is 14.5. The molecule has 0 fully saturated rings. The van der Waals surface area contributed by atoms with Crippen LogP contribution in [-0.2, 0) is 23.1 Å². The molecule has 5 rings (SSSR count). The topological polar surface area (TPSA) is 83.0 Å². The minimum atomic E-state index is -0.347. The smallest absolute Gasteiger partial charge is 0.242 e. The Kier molecular flexibility index (Phi) is 4.31. The van der Waals surface area contributed by atoms with E-state index in [0.717, 1.165) is 34.5 Å². The minimum Gasteiger partial charge on any atom is -0.356 e. The molecule has 2 N–H and O–H groups in total. The van der Waals surface area contributed by atoms with Gasteiger partial charge in [0.2, 0.25) is 11.8 Å². The van der Waals surface area contributed by atoms with Crippen molar-refractivity contribution in [3.63, 3.8) is 0 Å². The molecule has 4 aromatic rings. The molecule has 0 radical (unpaired) electrons. The molecule has 2 amide bonds. The van der Waals surface area contributed by atoms with Gasteiger partial charge in [0.05, 0.1) is 23.3 Å². The van der Waals surface area contributed by atoms with E-state index in [1.54, 1.807) is 0 Å². The van der Waals surface area contributed by atoms with Gasteiger partial charge in [-0.15, -0.1) is 0 Å². The number of H-pyrrole nitrogens is 1. The number of para-hydroxylation sites is 3. The van der Waals surface area contributed by atoms with Crippen molar-refractivity contribution in [3.8, 4) is 0 Å². The van der Waals surface area contributed by atoms with E-state index in [0.29, 0.717) is 6.54 Å². The summed E-state index contributed by atoms with van der Waals surface area (Å²) in [6.07, 6.45) is 0.756. The molecule has 0 spiro atoms. The molecule has 2 aromatic carbocycles. The fourth-order valence-corrected chi connectivity index (χ4v) is 4.49. The largest absolute Gasteiger partial charge is 0.356 e. The highest BCUT2D eigenvalue weighted by molar-refractivity contribution is 5.88. The van der Waals surface area contributed by atoms with Gasteiger partial charge in [-0.1, -0.05) is 30.3 Å². The number of nitrogens with zero attached hydrogens (tertiary/aromatic N) is 3. The Hall–Kier alpha value is -3.61. The summed E-state index contributed by atoms with van der Waals surface area (Å²) in [6, 6.07) is 15.8. The maximum Gasteiger partial charge on any atom is 0.242 e. The summed E-state index contributed by atoms with van der Waals surface area (Å²) >= 11 is 0. The van der Waals surface area contributed by atoms with Crippen molar-refractivity contribution in [2.24, 2.45) is 7.05 Å². The number of amides is 2. The Bertz CT molecular complexity index is 1290. The van der Waals surface area contributed by atoms with Gasteiger partial charge in [-0.2, -0.15) is 0 Å². The van der Waals surface area contributed by atoms with Crippen LogP contribution >= 0.6 is 0 Å². The second-order valence-corrected chi connectivity index (χ2v) is 7.73. The molecule has 1 unspecified atom stereocenters. The molecule has 7 nitrogen and oxygen atoms in total. The first kappa shape index (κ1) is 18.4. The number of aryl methyl sites for hydroxylation is 1. The third-order valence-corrected chi connectivity index (χ3v) is 5.91. The summed E-state index contributed by atoms with van der Waals surface area (Å²) in [5.74, 6) is 0.470. The molecule has 0 saturated heterocycles. The molecule has 152 valence electrons. The number of benzene rings is 2. The van der Waals surface area contributed by atoms with E-state index in [2.05, 4.69) is 27.0 Å². The van der Waals surface area contributed by atoms with Crippen LogP contribution in [0.5, 0.6) is 0 Å². The van der Waals surface area contributed by atoms with Gasteiger partial charge in [0.25, 0.3) is 0 Å². The van der Waals surface area contributed by atoms with Crippen molar-refractivity contribution in [3.05, 3.63) is 65.6 Å². The minimum absolute atomic E-state index is 0.0225. The van der Waals surface area contributed by atoms with E-state index >= 15 is 0 Å². The predicted octanol–water partition coefficient (Wildman–Crippen LogP) is 2.66. The number of nitrogens with one attached hydrogen (secondary N) is 2. The molecule has 0 saturated carbocycles. The third-order valence-electron chi connectivity index (χ3n) is 5.91. The number of hydrogen-bond donors (Lipinski definition) is 2. The highest BCUT2D eigenvalue weighted by Gasteiger charge is 2.37. The maximum absolute atomic E-state index is 13.1. The van der Waals surface area contributed by atoms with Crippen molar-refractivity contribution in [2.45, 2.75) is 19.4 Å². The summed E-state index contributed by atoms with van der Waals surface area (Å²) in [5, 5.41) is 3.82. The number of rotatable bonds is 3. The van der Waals surface area contributed by atoms with Crippen molar-refractivity contribution < 1.29 is 9.59 Å². The number of aromatic amines is 1. The molecule has 0 aliphatic carbocycles. The zero-order valence-corrected chi connectivity index (χ0v) is 17.0. The molecule has 1 aliphatic heterocycles. The third kappa shape index (κ3) is 2.85. The molecule has 2 aromatic heterocycles. The molecule has 1 atom stereocenters. The van der Waals surface area contributed by atoms with Gasteiger partial charge < -0.3 is 19.8 Å². The fourth-order valence-electron chi connectivity index (χ4n) is 4.49. The first-order valence-electron chi connectivity index (χ1n) is 10.1. The van der Waals surface area contributed by atoms with Gasteiger partial charge in [0.1, 0.15) is 11.9 Å². The number of aromatic nitrogens is 3.